The van der Waals surface area contributed by atoms with Crippen LogP contribution in [0.5, 0.6) is 5.75 Å². The molecule has 2 amide bonds. The van der Waals surface area contributed by atoms with Crippen LogP contribution in [0.3, 0.4) is 0 Å². The highest BCUT2D eigenvalue weighted by molar-refractivity contribution is 6.99. The van der Waals surface area contributed by atoms with Crippen molar-refractivity contribution in [1.82, 2.24) is 13.6 Å². The van der Waals surface area contributed by atoms with E-state index in [0.717, 1.165) is 11.7 Å². The van der Waals surface area contributed by atoms with Crippen LogP contribution in [0.25, 0.3) is 0 Å². The summed E-state index contributed by atoms with van der Waals surface area (Å²) in [6, 6.07) is 6.73. The smallest absolute Gasteiger partial charge is 0.277 e. The number of benzene rings is 1. The second kappa shape index (κ2) is 6.80. The molecule has 0 aliphatic rings. The lowest BCUT2D eigenvalue weighted by Crippen LogP contribution is -2.27. The molecule has 0 unspecified atom stereocenters. The quantitative estimate of drug-likeness (QED) is 0.899. The fourth-order valence-corrected chi connectivity index (χ4v) is 1.78. The van der Waals surface area contributed by atoms with Gasteiger partial charge in [-0.05, 0) is 24.3 Å². The van der Waals surface area contributed by atoms with Crippen molar-refractivity contribution in [2.24, 2.45) is 0 Å². The van der Waals surface area contributed by atoms with E-state index >= 15 is 0 Å². The first kappa shape index (κ1) is 14.9. The molecule has 0 aliphatic carbocycles. The Kier molecular flexibility index (Phi) is 4.83. The van der Waals surface area contributed by atoms with Crippen LogP contribution < -0.4 is 10.1 Å². The maximum Gasteiger partial charge on any atom is 0.277 e. The van der Waals surface area contributed by atoms with Gasteiger partial charge in [0, 0.05) is 19.8 Å². The number of nitrogens with one attached hydrogen (secondary N) is 1. The van der Waals surface area contributed by atoms with E-state index in [2.05, 4.69) is 14.1 Å². The summed E-state index contributed by atoms with van der Waals surface area (Å²) in [5.41, 5.74) is 0.885. The maximum absolute atomic E-state index is 11.8. The van der Waals surface area contributed by atoms with Crippen molar-refractivity contribution in [3.8, 4) is 5.75 Å². The highest BCUT2D eigenvalue weighted by atomic mass is 32.1. The second-order valence-corrected chi connectivity index (χ2v) is 4.90. The van der Waals surface area contributed by atoms with Crippen molar-refractivity contribution in [3.05, 3.63) is 36.2 Å². The van der Waals surface area contributed by atoms with Gasteiger partial charge in [-0.2, -0.15) is 8.75 Å². The Morgan fingerprint density at radius 3 is 2.57 bits per heavy atom. The summed E-state index contributed by atoms with van der Waals surface area (Å²) in [5.74, 6) is 0.113. The van der Waals surface area contributed by atoms with Gasteiger partial charge < -0.3 is 15.0 Å². The van der Waals surface area contributed by atoms with E-state index in [0.29, 0.717) is 11.4 Å². The van der Waals surface area contributed by atoms with Gasteiger partial charge in [0.15, 0.2) is 12.3 Å². The normalized spacial score (nSPS) is 10.0. The maximum atomic E-state index is 11.8. The molecule has 8 heteroatoms. The zero-order chi connectivity index (χ0) is 15.2. The number of carbonyl (C=O) groups excluding carboxylic acids is 2. The molecule has 0 fully saturated rings. The molecule has 1 heterocycles. The standard InChI is InChI=1S/C13H14N4O3S/c1-17(2)12(18)8-20-10-5-3-9(4-6-10)15-13(19)11-7-14-21-16-11/h3-7H,8H2,1-2H3,(H,15,19). The summed E-state index contributed by atoms with van der Waals surface area (Å²) in [6.45, 7) is -0.0246. The zero-order valence-corrected chi connectivity index (χ0v) is 12.4. The van der Waals surface area contributed by atoms with E-state index in [1.54, 1.807) is 38.4 Å². The lowest BCUT2D eigenvalue weighted by atomic mass is 10.3. The monoisotopic (exact) mass is 306 g/mol. The Balaban J connectivity index is 1.90. The molecule has 2 rings (SSSR count). The van der Waals surface area contributed by atoms with Crippen LogP contribution in [0.4, 0.5) is 5.69 Å². The average molecular weight is 306 g/mol. The SMILES string of the molecule is CN(C)C(=O)COc1ccc(NC(=O)c2cnsn2)cc1. The summed E-state index contributed by atoms with van der Waals surface area (Å²) >= 11 is 0.976. The topological polar surface area (TPSA) is 84.4 Å². The molecule has 0 saturated carbocycles. The van der Waals surface area contributed by atoms with Gasteiger partial charge in [0.1, 0.15) is 5.75 Å². The molecule has 110 valence electrons. The fourth-order valence-electron chi connectivity index (χ4n) is 1.37. The van der Waals surface area contributed by atoms with Gasteiger partial charge in [-0.1, -0.05) is 0 Å². The van der Waals surface area contributed by atoms with E-state index in [1.807, 2.05) is 0 Å². The number of likely N-dealkylation sites (N-methyl/N-ethyl adjacent to an activating group) is 1. The van der Waals surface area contributed by atoms with Gasteiger partial charge in [-0.15, -0.1) is 0 Å². The van der Waals surface area contributed by atoms with Crippen molar-refractivity contribution in [2.75, 3.05) is 26.0 Å². The molecular formula is C13H14N4O3S. The van der Waals surface area contributed by atoms with Gasteiger partial charge in [0.2, 0.25) is 0 Å². The van der Waals surface area contributed by atoms with E-state index < -0.39 is 0 Å². The molecular weight excluding hydrogens is 292 g/mol. The van der Waals surface area contributed by atoms with Crippen molar-refractivity contribution < 1.29 is 14.3 Å². The number of ether oxygens (including phenoxy) is 1. The largest absolute Gasteiger partial charge is 0.484 e. The first-order chi connectivity index (χ1) is 10.1. The Morgan fingerprint density at radius 2 is 2.00 bits per heavy atom. The molecule has 0 aliphatic heterocycles. The first-order valence-electron chi connectivity index (χ1n) is 6.08. The number of hydrogen-bond acceptors (Lipinski definition) is 6. The lowest BCUT2D eigenvalue weighted by Gasteiger charge is -2.11. The van der Waals surface area contributed by atoms with Crippen LogP contribution in [0.2, 0.25) is 0 Å². The molecule has 7 nitrogen and oxygen atoms in total. The predicted molar refractivity (Wildman–Crippen MR) is 78.5 cm³/mol. The number of amides is 2. The summed E-state index contributed by atoms with van der Waals surface area (Å²) in [4.78, 5) is 24.6. The van der Waals surface area contributed by atoms with E-state index in [9.17, 15) is 9.59 Å². The van der Waals surface area contributed by atoms with Gasteiger partial charge >= 0.3 is 0 Å². The molecule has 1 aromatic carbocycles. The number of carbonyl (C=O) groups is 2. The number of rotatable bonds is 5. The van der Waals surface area contributed by atoms with Crippen molar-refractivity contribution in [3.63, 3.8) is 0 Å². The van der Waals surface area contributed by atoms with Gasteiger partial charge in [-0.25, -0.2) is 0 Å². The number of aromatic nitrogens is 2. The molecule has 0 radical (unpaired) electrons. The van der Waals surface area contributed by atoms with Crippen molar-refractivity contribution in [2.45, 2.75) is 0 Å². The minimum atomic E-state index is -0.319. The molecule has 0 saturated heterocycles. The molecule has 1 N–H and O–H groups in total. The zero-order valence-electron chi connectivity index (χ0n) is 11.6. The summed E-state index contributed by atoms with van der Waals surface area (Å²) < 4.78 is 13.0. The predicted octanol–water partition coefficient (Wildman–Crippen LogP) is 1.26. The van der Waals surface area contributed by atoms with E-state index in [1.165, 1.54) is 11.1 Å². The van der Waals surface area contributed by atoms with Crippen LogP contribution in [0.1, 0.15) is 10.5 Å². The average Bonchev–Trinajstić information content (AvgIpc) is 3.00. The van der Waals surface area contributed by atoms with Crippen LogP contribution in [-0.2, 0) is 4.79 Å². The van der Waals surface area contributed by atoms with Crippen LogP contribution >= 0.6 is 11.7 Å². The fraction of sp³-hybridized carbons (Fsp3) is 0.231. The molecule has 1 aromatic heterocycles. The summed E-state index contributed by atoms with van der Waals surface area (Å²) in [6.07, 6.45) is 1.41. The number of anilines is 1. The number of hydrogen-bond donors (Lipinski definition) is 1. The Bertz CT molecular complexity index is 611. The van der Waals surface area contributed by atoms with Crippen LogP contribution in [0.15, 0.2) is 30.5 Å². The van der Waals surface area contributed by atoms with E-state index in [4.69, 9.17) is 4.74 Å². The van der Waals surface area contributed by atoms with Gasteiger partial charge in [0.25, 0.3) is 11.8 Å². The summed E-state index contributed by atoms with van der Waals surface area (Å²) in [7, 11) is 3.33. The molecule has 2 aromatic rings. The molecule has 0 atom stereocenters. The first-order valence-corrected chi connectivity index (χ1v) is 6.81. The van der Waals surface area contributed by atoms with E-state index in [-0.39, 0.29) is 24.1 Å². The third kappa shape index (κ3) is 4.25. The van der Waals surface area contributed by atoms with Gasteiger partial charge in [0.05, 0.1) is 17.9 Å². The lowest BCUT2D eigenvalue weighted by molar-refractivity contribution is -0.130. The van der Waals surface area contributed by atoms with Crippen molar-refractivity contribution >= 4 is 29.2 Å². The summed E-state index contributed by atoms with van der Waals surface area (Å²) in [5, 5.41) is 2.69. The van der Waals surface area contributed by atoms with Crippen molar-refractivity contribution in [1.29, 1.82) is 0 Å². The third-order valence-electron chi connectivity index (χ3n) is 2.57. The van der Waals surface area contributed by atoms with Crippen LogP contribution in [0, 0.1) is 0 Å². The molecule has 21 heavy (non-hydrogen) atoms. The minimum absolute atomic E-state index is 0.0246. The third-order valence-corrected chi connectivity index (χ3v) is 3.05. The Hall–Kier alpha value is -2.48. The van der Waals surface area contributed by atoms with Crippen LogP contribution in [-0.4, -0.2) is 46.2 Å². The van der Waals surface area contributed by atoms with Gasteiger partial charge in [-0.3, -0.25) is 9.59 Å². The minimum Gasteiger partial charge on any atom is -0.484 e. The Labute approximate surface area is 125 Å². The highest BCUT2D eigenvalue weighted by Crippen LogP contribution is 2.16. The second-order valence-electron chi connectivity index (χ2n) is 4.35. The molecule has 0 spiro atoms. The molecule has 0 bridgehead atoms. The number of nitrogens with zero attached hydrogens (tertiary/aromatic N) is 3. The Morgan fingerprint density at radius 1 is 1.29 bits per heavy atom. The highest BCUT2D eigenvalue weighted by Gasteiger charge is 2.09.